The van der Waals surface area contributed by atoms with Crippen LogP contribution in [0.5, 0.6) is 0 Å². The van der Waals surface area contributed by atoms with Crippen LogP contribution in [0, 0.1) is 6.92 Å². The molecule has 3 aromatic rings. The van der Waals surface area contributed by atoms with E-state index in [0.29, 0.717) is 5.92 Å². The van der Waals surface area contributed by atoms with Crippen LogP contribution in [-0.4, -0.2) is 26.4 Å². The quantitative estimate of drug-likeness (QED) is 0.801. The van der Waals surface area contributed by atoms with Gasteiger partial charge in [0.15, 0.2) is 0 Å². The lowest BCUT2D eigenvalue weighted by Gasteiger charge is -2.28. The summed E-state index contributed by atoms with van der Waals surface area (Å²) in [5.74, 6) is 1.72. The Morgan fingerprint density at radius 3 is 3.00 bits per heavy atom. The Labute approximate surface area is 141 Å². The van der Waals surface area contributed by atoms with Crippen LogP contribution in [0.15, 0.2) is 30.5 Å². The van der Waals surface area contributed by atoms with E-state index in [9.17, 15) is 0 Å². The Morgan fingerprint density at radius 1 is 1.25 bits per heavy atom. The molecule has 2 aliphatic rings. The smallest absolute Gasteiger partial charge is 0.131 e. The minimum absolute atomic E-state index is 0.641. The van der Waals surface area contributed by atoms with E-state index in [-0.39, 0.29) is 0 Å². The molecule has 5 rings (SSSR count). The number of benzene rings is 1. The lowest BCUT2D eigenvalue weighted by Crippen LogP contribution is -2.31. The number of aromatic nitrogens is 3. The van der Waals surface area contributed by atoms with Gasteiger partial charge in [-0.2, -0.15) is 0 Å². The van der Waals surface area contributed by atoms with Crippen LogP contribution in [0.1, 0.15) is 47.1 Å². The molecule has 4 heteroatoms. The zero-order valence-electron chi connectivity index (χ0n) is 14.0. The van der Waals surface area contributed by atoms with Crippen LogP contribution in [0.25, 0.3) is 10.9 Å². The summed E-state index contributed by atoms with van der Waals surface area (Å²) in [7, 11) is 0. The summed E-state index contributed by atoms with van der Waals surface area (Å²) >= 11 is 0. The van der Waals surface area contributed by atoms with Crippen LogP contribution >= 0.6 is 0 Å². The average Bonchev–Trinajstić information content (AvgIpc) is 3.40. The SMILES string of the molecule is Cc1[nH]c2ccccc2c1CN1CCc2nc(C3CC3)ncc2C1. The van der Waals surface area contributed by atoms with Crippen molar-refractivity contribution in [1.82, 2.24) is 19.9 Å². The third-order valence-corrected chi connectivity index (χ3v) is 5.38. The number of aryl methyl sites for hydroxylation is 1. The monoisotopic (exact) mass is 318 g/mol. The van der Waals surface area contributed by atoms with Gasteiger partial charge in [-0.1, -0.05) is 18.2 Å². The standard InChI is InChI=1S/C20H22N4/c1-13-17(16-4-2-3-5-19(16)22-13)12-24-9-8-18-15(11-24)10-21-20(23-18)14-6-7-14/h2-5,10,14,22H,6-9,11-12H2,1H3. The summed E-state index contributed by atoms with van der Waals surface area (Å²) in [5.41, 5.74) is 6.52. The van der Waals surface area contributed by atoms with E-state index in [1.807, 2.05) is 0 Å². The highest BCUT2D eigenvalue weighted by Crippen LogP contribution is 2.38. The van der Waals surface area contributed by atoms with Crippen molar-refractivity contribution >= 4 is 10.9 Å². The van der Waals surface area contributed by atoms with Crippen molar-refractivity contribution in [3.63, 3.8) is 0 Å². The summed E-state index contributed by atoms with van der Waals surface area (Å²) in [6.07, 6.45) is 5.65. The molecule has 0 atom stereocenters. The molecule has 1 saturated carbocycles. The fraction of sp³-hybridized carbons (Fsp3) is 0.400. The first-order valence-electron chi connectivity index (χ1n) is 8.91. The maximum Gasteiger partial charge on any atom is 0.131 e. The van der Waals surface area contributed by atoms with E-state index in [2.05, 4.69) is 52.3 Å². The molecular weight excluding hydrogens is 296 g/mol. The van der Waals surface area contributed by atoms with Crippen molar-refractivity contribution in [2.24, 2.45) is 0 Å². The molecule has 0 radical (unpaired) electrons. The molecule has 1 N–H and O–H groups in total. The van der Waals surface area contributed by atoms with E-state index >= 15 is 0 Å². The van der Waals surface area contributed by atoms with Crippen LogP contribution in [0.3, 0.4) is 0 Å². The zero-order valence-corrected chi connectivity index (χ0v) is 14.0. The Bertz CT molecular complexity index is 907. The minimum Gasteiger partial charge on any atom is -0.358 e. The second-order valence-corrected chi connectivity index (χ2v) is 7.21. The van der Waals surface area contributed by atoms with Gasteiger partial charge in [-0.25, -0.2) is 9.97 Å². The summed E-state index contributed by atoms with van der Waals surface area (Å²) in [5, 5.41) is 1.35. The van der Waals surface area contributed by atoms with Gasteiger partial charge in [0.05, 0.1) is 0 Å². The first-order valence-corrected chi connectivity index (χ1v) is 8.91. The summed E-state index contributed by atoms with van der Waals surface area (Å²) < 4.78 is 0. The average molecular weight is 318 g/mol. The fourth-order valence-electron chi connectivity index (χ4n) is 3.83. The Hall–Kier alpha value is -2.20. The molecule has 0 amide bonds. The number of para-hydroxylation sites is 1. The molecule has 0 spiro atoms. The molecule has 1 fully saturated rings. The number of hydrogen-bond acceptors (Lipinski definition) is 3. The van der Waals surface area contributed by atoms with Crippen LogP contribution in [0.4, 0.5) is 0 Å². The second-order valence-electron chi connectivity index (χ2n) is 7.21. The maximum absolute atomic E-state index is 4.83. The largest absolute Gasteiger partial charge is 0.358 e. The van der Waals surface area contributed by atoms with Gasteiger partial charge >= 0.3 is 0 Å². The van der Waals surface area contributed by atoms with Gasteiger partial charge in [-0.3, -0.25) is 4.90 Å². The zero-order chi connectivity index (χ0) is 16.1. The van der Waals surface area contributed by atoms with Crippen molar-refractivity contribution in [2.75, 3.05) is 6.54 Å². The van der Waals surface area contributed by atoms with Gasteiger partial charge in [0.1, 0.15) is 5.82 Å². The first-order chi connectivity index (χ1) is 11.8. The van der Waals surface area contributed by atoms with E-state index in [0.717, 1.165) is 31.9 Å². The van der Waals surface area contributed by atoms with E-state index in [4.69, 9.17) is 4.98 Å². The number of aromatic amines is 1. The normalized spacial score (nSPS) is 18.0. The van der Waals surface area contributed by atoms with Crippen LogP contribution in [0.2, 0.25) is 0 Å². The fourth-order valence-corrected chi connectivity index (χ4v) is 3.83. The molecule has 1 aromatic carbocycles. The van der Waals surface area contributed by atoms with Gasteiger partial charge in [0, 0.05) is 66.0 Å². The Balaban J connectivity index is 1.39. The number of nitrogens with zero attached hydrogens (tertiary/aromatic N) is 3. The molecule has 0 saturated heterocycles. The Morgan fingerprint density at radius 2 is 2.12 bits per heavy atom. The van der Waals surface area contributed by atoms with E-state index in [1.54, 1.807) is 0 Å². The lowest BCUT2D eigenvalue weighted by molar-refractivity contribution is 0.243. The molecule has 2 aromatic heterocycles. The summed E-state index contributed by atoms with van der Waals surface area (Å²) in [4.78, 5) is 15.5. The van der Waals surface area contributed by atoms with E-state index in [1.165, 1.54) is 46.3 Å². The Kier molecular flexibility index (Phi) is 3.20. The van der Waals surface area contributed by atoms with Gasteiger partial charge in [-0.15, -0.1) is 0 Å². The molecule has 122 valence electrons. The number of fused-ring (bicyclic) bond motifs is 2. The van der Waals surface area contributed by atoms with Gasteiger partial charge in [0.2, 0.25) is 0 Å². The third-order valence-electron chi connectivity index (χ3n) is 5.38. The topological polar surface area (TPSA) is 44.8 Å². The highest BCUT2D eigenvalue weighted by Gasteiger charge is 2.28. The van der Waals surface area contributed by atoms with Crippen LogP contribution < -0.4 is 0 Å². The van der Waals surface area contributed by atoms with Crippen molar-refractivity contribution in [2.45, 2.75) is 45.2 Å². The van der Waals surface area contributed by atoms with Crippen molar-refractivity contribution in [3.8, 4) is 0 Å². The van der Waals surface area contributed by atoms with Crippen molar-refractivity contribution in [3.05, 3.63) is 58.8 Å². The molecule has 1 aliphatic carbocycles. The highest BCUT2D eigenvalue weighted by molar-refractivity contribution is 5.84. The minimum atomic E-state index is 0.641. The van der Waals surface area contributed by atoms with Crippen LogP contribution in [-0.2, 0) is 19.5 Å². The number of H-pyrrole nitrogens is 1. The number of hydrogen-bond donors (Lipinski definition) is 1. The van der Waals surface area contributed by atoms with Crippen molar-refractivity contribution in [1.29, 1.82) is 0 Å². The molecule has 3 heterocycles. The predicted octanol–water partition coefficient (Wildman–Crippen LogP) is 3.70. The molecule has 24 heavy (non-hydrogen) atoms. The van der Waals surface area contributed by atoms with Gasteiger partial charge in [0.25, 0.3) is 0 Å². The number of rotatable bonds is 3. The predicted molar refractivity (Wildman–Crippen MR) is 94.9 cm³/mol. The summed E-state index contributed by atoms with van der Waals surface area (Å²) in [6, 6.07) is 8.59. The maximum atomic E-state index is 4.83. The van der Waals surface area contributed by atoms with Crippen molar-refractivity contribution < 1.29 is 0 Å². The second kappa shape index (κ2) is 5.42. The first kappa shape index (κ1) is 14.2. The van der Waals surface area contributed by atoms with E-state index < -0.39 is 0 Å². The lowest BCUT2D eigenvalue weighted by atomic mass is 10.0. The summed E-state index contributed by atoms with van der Waals surface area (Å²) in [6.45, 7) is 5.20. The molecule has 1 aliphatic heterocycles. The highest BCUT2D eigenvalue weighted by atomic mass is 15.1. The van der Waals surface area contributed by atoms with Gasteiger partial charge in [-0.05, 0) is 31.4 Å². The molecular formula is C20H22N4. The molecule has 0 bridgehead atoms. The third kappa shape index (κ3) is 2.42. The van der Waals surface area contributed by atoms with Gasteiger partial charge < -0.3 is 4.98 Å². The molecule has 4 nitrogen and oxygen atoms in total. The number of nitrogens with one attached hydrogen (secondary N) is 1. The molecule has 0 unspecified atom stereocenters.